The molecule has 0 aliphatic heterocycles. The van der Waals surface area contributed by atoms with Gasteiger partial charge in [0.25, 0.3) is 0 Å². The fourth-order valence-electron chi connectivity index (χ4n) is 3.54. The van der Waals surface area contributed by atoms with Gasteiger partial charge < -0.3 is 19.7 Å². The predicted molar refractivity (Wildman–Crippen MR) is 127 cm³/mol. The maximum atomic E-state index is 12.3. The number of amides is 1. The van der Waals surface area contributed by atoms with Gasteiger partial charge in [-0.05, 0) is 29.2 Å². The van der Waals surface area contributed by atoms with Crippen molar-refractivity contribution in [1.29, 1.82) is 0 Å². The van der Waals surface area contributed by atoms with Crippen molar-refractivity contribution < 1.29 is 24.0 Å². The van der Waals surface area contributed by atoms with Gasteiger partial charge in [-0.3, -0.25) is 4.79 Å². The van der Waals surface area contributed by atoms with Gasteiger partial charge in [-0.2, -0.15) is 4.98 Å². The first-order valence-corrected chi connectivity index (χ1v) is 11.4. The molecule has 0 fully saturated rings. The number of aromatic nitrogens is 2. The summed E-state index contributed by atoms with van der Waals surface area (Å²) in [5.41, 5.74) is 4.77. The monoisotopic (exact) mass is 465 g/mol. The zero-order valence-corrected chi connectivity index (χ0v) is 20.1. The second kappa shape index (κ2) is 11.0. The summed E-state index contributed by atoms with van der Waals surface area (Å²) in [6.07, 6.45) is -0.501. The van der Waals surface area contributed by atoms with Crippen molar-refractivity contribution in [3.63, 3.8) is 0 Å². The van der Waals surface area contributed by atoms with E-state index in [0.717, 1.165) is 0 Å². The van der Waals surface area contributed by atoms with Crippen molar-refractivity contribution in [3.05, 3.63) is 71.4 Å². The van der Waals surface area contributed by atoms with E-state index < -0.39 is 18.1 Å². The van der Waals surface area contributed by atoms with Crippen LogP contribution in [0.3, 0.4) is 0 Å². The summed E-state index contributed by atoms with van der Waals surface area (Å²) in [6, 6.07) is 16.1. The lowest BCUT2D eigenvalue weighted by molar-refractivity contribution is -0.140. The fraction of sp³-hybridized carbons (Fsp3) is 0.385. The van der Waals surface area contributed by atoms with E-state index in [2.05, 4.69) is 39.7 Å². The predicted octanol–water partition coefficient (Wildman–Crippen LogP) is 5.52. The molecular formula is C26H31N3O5. The van der Waals surface area contributed by atoms with Crippen LogP contribution in [0.15, 0.2) is 53.1 Å². The van der Waals surface area contributed by atoms with E-state index in [0.29, 0.717) is 11.7 Å². The fourth-order valence-corrected chi connectivity index (χ4v) is 3.54. The zero-order valence-electron chi connectivity index (χ0n) is 20.1. The van der Waals surface area contributed by atoms with Crippen LogP contribution in [0.25, 0.3) is 11.1 Å². The highest BCUT2D eigenvalue weighted by molar-refractivity contribution is 5.79. The highest BCUT2D eigenvalue weighted by Gasteiger charge is 2.29. The Hall–Kier alpha value is -3.68. The number of nitrogens with zero attached hydrogens (tertiary/aromatic N) is 2. The molecule has 0 saturated heterocycles. The average Bonchev–Trinajstić information content (AvgIpc) is 3.42. The standard InChI is InChI=1S/C22H23N3O3.C4H8O2/c1-13(2)20-24-21(28-25-20)14(3)23-22(26)27-12-19-17-10-6-4-8-15(17)16-9-5-7-11-18(16)19;1-3(2)4(5)6/h4-11,13-14,19H,12H2,1-3H3,(H,23,26);3H,1-2H3,(H,5,6)/t14-;/m0./s1. The number of alkyl carbamates (subject to hydrolysis) is 1. The second-order valence-electron chi connectivity index (χ2n) is 8.83. The molecule has 1 aromatic heterocycles. The molecule has 2 aromatic carbocycles. The quantitative estimate of drug-likeness (QED) is 0.492. The van der Waals surface area contributed by atoms with Gasteiger partial charge in [0, 0.05) is 11.8 Å². The lowest BCUT2D eigenvalue weighted by Gasteiger charge is -2.15. The first-order valence-electron chi connectivity index (χ1n) is 11.4. The molecule has 8 heteroatoms. The Morgan fingerprint density at radius 1 is 1.00 bits per heavy atom. The van der Waals surface area contributed by atoms with Gasteiger partial charge in [-0.25, -0.2) is 4.79 Å². The number of carboxylic acid groups (broad SMARTS) is 1. The Balaban J connectivity index is 0.000000481. The molecule has 0 unspecified atom stereocenters. The molecule has 0 saturated carbocycles. The summed E-state index contributed by atoms with van der Waals surface area (Å²) < 4.78 is 10.8. The van der Waals surface area contributed by atoms with E-state index in [1.807, 2.05) is 38.1 Å². The van der Waals surface area contributed by atoms with E-state index >= 15 is 0 Å². The first-order chi connectivity index (χ1) is 16.2. The molecule has 1 atom stereocenters. The number of hydrogen-bond donors (Lipinski definition) is 2. The summed E-state index contributed by atoms with van der Waals surface area (Å²) >= 11 is 0. The van der Waals surface area contributed by atoms with Gasteiger partial charge in [0.2, 0.25) is 5.89 Å². The number of carbonyl (C=O) groups excluding carboxylic acids is 1. The average molecular weight is 466 g/mol. The van der Waals surface area contributed by atoms with Gasteiger partial charge in [0.05, 0.1) is 5.92 Å². The van der Waals surface area contributed by atoms with Crippen LogP contribution in [-0.2, 0) is 9.53 Å². The van der Waals surface area contributed by atoms with Gasteiger partial charge in [-0.15, -0.1) is 0 Å². The molecule has 1 amide bonds. The molecule has 0 bridgehead atoms. The number of aliphatic carboxylic acids is 1. The van der Waals surface area contributed by atoms with Crippen molar-refractivity contribution in [1.82, 2.24) is 15.5 Å². The topological polar surface area (TPSA) is 115 Å². The molecule has 2 N–H and O–H groups in total. The third-order valence-electron chi connectivity index (χ3n) is 5.52. The van der Waals surface area contributed by atoms with Crippen LogP contribution in [0.1, 0.15) is 75.3 Å². The summed E-state index contributed by atoms with van der Waals surface area (Å²) in [5, 5.41) is 14.7. The van der Waals surface area contributed by atoms with E-state index in [1.54, 1.807) is 20.8 Å². The summed E-state index contributed by atoms with van der Waals surface area (Å²) in [4.78, 5) is 26.3. The summed E-state index contributed by atoms with van der Waals surface area (Å²) in [7, 11) is 0. The van der Waals surface area contributed by atoms with Crippen molar-refractivity contribution in [3.8, 4) is 11.1 Å². The number of ether oxygens (including phenoxy) is 1. The lowest BCUT2D eigenvalue weighted by Crippen LogP contribution is -2.29. The maximum Gasteiger partial charge on any atom is 0.407 e. The Morgan fingerprint density at radius 3 is 2.00 bits per heavy atom. The van der Waals surface area contributed by atoms with Gasteiger partial charge in [0.1, 0.15) is 12.6 Å². The normalized spacial score (nSPS) is 13.0. The molecule has 0 radical (unpaired) electrons. The number of hydrogen-bond acceptors (Lipinski definition) is 6. The number of nitrogens with one attached hydrogen (secondary N) is 1. The van der Waals surface area contributed by atoms with E-state index in [9.17, 15) is 9.59 Å². The molecule has 8 nitrogen and oxygen atoms in total. The highest BCUT2D eigenvalue weighted by Crippen LogP contribution is 2.44. The maximum absolute atomic E-state index is 12.3. The minimum atomic E-state index is -0.741. The second-order valence-corrected chi connectivity index (χ2v) is 8.83. The highest BCUT2D eigenvalue weighted by atomic mass is 16.5. The Bertz CT molecular complexity index is 1090. The van der Waals surface area contributed by atoms with Crippen molar-refractivity contribution in [2.24, 2.45) is 5.92 Å². The van der Waals surface area contributed by atoms with Gasteiger partial charge in [0.15, 0.2) is 5.82 Å². The van der Waals surface area contributed by atoms with Crippen LogP contribution in [0.5, 0.6) is 0 Å². The van der Waals surface area contributed by atoms with Crippen LogP contribution in [0.4, 0.5) is 4.79 Å². The number of benzene rings is 2. The smallest absolute Gasteiger partial charge is 0.407 e. The number of fused-ring (bicyclic) bond motifs is 3. The van der Waals surface area contributed by atoms with Crippen LogP contribution >= 0.6 is 0 Å². The number of carboxylic acids is 1. The summed E-state index contributed by atoms with van der Waals surface area (Å²) in [6.45, 7) is 9.31. The SMILES string of the molecule is CC(C)C(=O)O.CC(C)c1noc([C@H](C)NC(=O)OCC2c3ccccc3-c3ccccc32)n1. The molecule has 1 aliphatic rings. The first kappa shape index (κ1) is 25.0. The van der Waals surface area contributed by atoms with Crippen LogP contribution in [0.2, 0.25) is 0 Å². The third kappa shape index (κ3) is 5.81. The largest absolute Gasteiger partial charge is 0.481 e. The van der Waals surface area contributed by atoms with Crippen LogP contribution in [0, 0.1) is 5.92 Å². The van der Waals surface area contributed by atoms with Gasteiger partial charge >= 0.3 is 12.1 Å². The Kier molecular flexibility index (Phi) is 8.04. The van der Waals surface area contributed by atoms with Crippen molar-refractivity contribution in [2.75, 3.05) is 6.61 Å². The molecule has 3 aromatic rings. The van der Waals surface area contributed by atoms with E-state index in [-0.39, 0.29) is 24.4 Å². The molecule has 1 aliphatic carbocycles. The van der Waals surface area contributed by atoms with Gasteiger partial charge in [-0.1, -0.05) is 81.4 Å². The number of rotatable bonds is 6. The number of carbonyl (C=O) groups is 2. The third-order valence-corrected chi connectivity index (χ3v) is 5.52. The Morgan fingerprint density at radius 2 is 1.53 bits per heavy atom. The molecule has 0 spiro atoms. The molecule has 34 heavy (non-hydrogen) atoms. The minimum absolute atomic E-state index is 0.0319. The molecule has 180 valence electrons. The van der Waals surface area contributed by atoms with Crippen LogP contribution < -0.4 is 5.32 Å². The van der Waals surface area contributed by atoms with Crippen molar-refractivity contribution in [2.45, 2.75) is 52.5 Å². The van der Waals surface area contributed by atoms with Crippen molar-refractivity contribution >= 4 is 12.1 Å². The summed E-state index contributed by atoms with van der Waals surface area (Å²) in [5.74, 6) is 0.219. The molecule has 1 heterocycles. The van der Waals surface area contributed by atoms with E-state index in [4.69, 9.17) is 14.4 Å². The van der Waals surface area contributed by atoms with E-state index in [1.165, 1.54) is 22.3 Å². The molecular weight excluding hydrogens is 434 g/mol. The lowest BCUT2D eigenvalue weighted by atomic mass is 9.98. The zero-order chi connectivity index (χ0) is 24.8. The molecule has 4 rings (SSSR count). The minimum Gasteiger partial charge on any atom is -0.481 e. The Labute approximate surface area is 199 Å². The van der Waals surface area contributed by atoms with Crippen LogP contribution in [-0.4, -0.2) is 33.9 Å².